The lowest BCUT2D eigenvalue weighted by Gasteiger charge is -2.46. The lowest BCUT2D eigenvalue weighted by molar-refractivity contribution is -0.155. The van der Waals surface area contributed by atoms with Crippen LogP contribution in [-0.4, -0.2) is 56.8 Å². The summed E-state index contributed by atoms with van der Waals surface area (Å²) < 4.78 is 16.6. The van der Waals surface area contributed by atoms with Crippen LogP contribution in [0.4, 0.5) is 0 Å². The summed E-state index contributed by atoms with van der Waals surface area (Å²) >= 11 is 0. The van der Waals surface area contributed by atoms with Gasteiger partial charge in [-0.3, -0.25) is 9.59 Å². The maximum absolute atomic E-state index is 13.9. The lowest BCUT2D eigenvalue weighted by Crippen LogP contribution is -2.54. The number of hydrogen-bond donors (Lipinski definition) is 3. The summed E-state index contributed by atoms with van der Waals surface area (Å²) in [6.07, 6.45) is 9.88. The second-order valence-corrected chi connectivity index (χ2v) is 11.9. The van der Waals surface area contributed by atoms with Gasteiger partial charge in [0.05, 0.1) is 47.7 Å². The van der Waals surface area contributed by atoms with Crippen molar-refractivity contribution < 1.29 is 33.7 Å². The van der Waals surface area contributed by atoms with Gasteiger partial charge in [-0.2, -0.15) is 0 Å². The molecule has 0 radical (unpaired) electrons. The van der Waals surface area contributed by atoms with Crippen molar-refractivity contribution >= 4 is 17.8 Å². The number of hydrogen-bond acceptors (Lipinski definition) is 8. The Balaban J connectivity index is 1.38. The lowest BCUT2D eigenvalue weighted by atomic mass is 9.58. The molecule has 1 aromatic heterocycles. The number of carbonyl (C=O) groups excluding carboxylic acids is 2. The molecule has 4 aliphatic rings. The molecular formula is C29H40N2O7. The number of oxazole rings is 1. The van der Waals surface area contributed by atoms with Crippen LogP contribution in [0.2, 0.25) is 0 Å². The molecule has 3 fully saturated rings. The molecule has 1 amide bonds. The Kier molecular flexibility index (Phi) is 7.55. The van der Waals surface area contributed by atoms with Crippen LogP contribution in [-0.2, 0) is 19.1 Å². The van der Waals surface area contributed by atoms with Gasteiger partial charge in [0.2, 0.25) is 5.91 Å². The van der Waals surface area contributed by atoms with Crippen LogP contribution in [0.25, 0.3) is 6.08 Å². The molecule has 3 aliphatic heterocycles. The first-order chi connectivity index (χ1) is 18.1. The fourth-order valence-corrected chi connectivity index (χ4v) is 6.27. The van der Waals surface area contributed by atoms with Crippen LogP contribution in [0.5, 0.6) is 0 Å². The van der Waals surface area contributed by atoms with Gasteiger partial charge < -0.3 is 29.4 Å². The minimum absolute atomic E-state index is 0.0131. The van der Waals surface area contributed by atoms with E-state index in [1.165, 1.54) is 0 Å². The highest BCUT2D eigenvalue weighted by atomic mass is 16.6. The van der Waals surface area contributed by atoms with E-state index in [1.807, 2.05) is 19.1 Å². The summed E-state index contributed by atoms with van der Waals surface area (Å²) in [5, 5.41) is 25.6. The number of amides is 1. The van der Waals surface area contributed by atoms with Gasteiger partial charge in [-0.25, -0.2) is 4.98 Å². The molecule has 0 bridgehead atoms. The van der Waals surface area contributed by atoms with Crippen molar-refractivity contribution in [1.82, 2.24) is 10.3 Å². The van der Waals surface area contributed by atoms with Crippen molar-refractivity contribution in [2.24, 2.45) is 17.3 Å². The first-order valence-electron chi connectivity index (χ1n) is 13.9. The number of fused-ring (bicyclic) bond motifs is 1. The summed E-state index contributed by atoms with van der Waals surface area (Å²) in [5.74, 6) is 0.0101. The smallest absolute Gasteiger partial charge is 0.223 e. The van der Waals surface area contributed by atoms with E-state index < -0.39 is 23.5 Å². The number of Topliss-reactive ketones (excluding diaryl/α,β-unsaturated/α-hetero) is 1. The number of rotatable bonds is 4. The van der Waals surface area contributed by atoms with Crippen molar-refractivity contribution in [1.29, 1.82) is 0 Å². The van der Waals surface area contributed by atoms with Crippen LogP contribution in [0.15, 0.2) is 28.8 Å². The van der Waals surface area contributed by atoms with Crippen molar-refractivity contribution in [2.75, 3.05) is 0 Å². The van der Waals surface area contributed by atoms with Gasteiger partial charge in [0, 0.05) is 19.8 Å². The number of epoxide rings is 1. The van der Waals surface area contributed by atoms with E-state index in [0.717, 1.165) is 25.7 Å². The fourth-order valence-electron chi connectivity index (χ4n) is 6.27. The van der Waals surface area contributed by atoms with E-state index in [9.17, 15) is 19.8 Å². The highest BCUT2D eigenvalue weighted by Gasteiger charge is 2.55. The Morgan fingerprint density at radius 1 is 1.21 bits per heavy atom. The van der Waals surface area contributed by atoms with E-state index in [2.05, 4.69) is 17.2 Å². The predicted molar refractivity (Wildman–Crippen MR) is 138 cm³/mol. The predicted octanol–water partition coefficient (Wildman–Crippen LogP) is 3.58. The van der Waals surface area contributed by atoms with Gasteiger partial charge in [0.15, 0.2) is 5.89 Å². The minimum Gasteiger partial charge on any atom is -0.463 e. The monoisotopic (exact) mass is 528 g/mol. The molecule has 7 atom stereocenters. The quantitative estimate of drug-likeness (QED) is 0.504. The van der Waals surface area contributed by atoms with Gasteiger partial charge in [-0.15, -0.1) is 0 Å². The highest BCUT2D eigenvalue weighted by Crippen LogP contribution is 2.50. The number of nitrogens with one attached hydrogen (secondary N) is 1. The molecule has 7 unspecified atom stereocenters. The highest BCUT2D eigenvalue weighted by molar-refractivity contribution is 5.90. The Morgan fingerprint density at radius 3 is 2.61 bits per heavy atom. The second-order valence-electron chi connectivity index (χ2n) is 11.9. The summed E-state index contributed by atoms with van der Waals surface area (Å²) in [4.78, 5) is 31.4. The third kappa shape index (κ3) is 5.75. The molecule has 1 aliphatic carbocycles. The van der Waals surface area contributed by atoms with Crippen molar-refractivity contribution in [2.45, 2.75) is 109 Å². The summed E-state index contributed by atoms with van der Waals surface area (Å²) in [5.41, 5.74) is -0.645. The van der Waals surface area contributed by atoms with Gasteiger partial charge in [-0.1, -0.05) is 25.8 Å². The maximum atomic E-state index is 13.9. The molecule has 1 saturated carbocycles. The zero-order chi connectivity index (χ0) is 27.1. The van der Waals surface area contributed by atoms with Gasteiger partial charge in [-0.05, 0) is 44.6 Å². The minimum atomic E-state index is -1.12. The number of aliphatic hydroxyl groups is 2. The Labute approximate surface area is 223 Å². The topological polar surface area (TPSA) is 138 Å². The zero-order valence-corrected chi connectivity index (χ0v) is 22.5. The molecule has 1 spiro atoms. The summed E-state index contributed by atoms with van der Waals surface area (Å²) in [6.45, 7) is 5.83. The van der Waals surface area contributed by atoms with Crippen LogP contribution in [0.3, 0.4) is 0 Å². The second kappa shape index (κ2) is 10.6. The van der Waals surface area contributed by atoms with E-state index in [4.69, 9.17) is 13.9 Å². The van der Waals surface area contributed by atoms with E-state index >= 15 is 0 Å². The summed E-state index contributed by atoms with van der Waals surface area (Å²) in [6, 6.07) is -0.327. The maximum Gasteiger partial charge on any atom is 0.223 e. The molecule has 3 N–H and O–H groups in total. The van der Waals surface area contributed by atoms with E-state index in [-0.39, 0.29) is 41.8 Å². The van der Waals surface area contributed by atoms with Crippen LogP contribution in [0, 0.1) is 24.2 Å². The molecule has 1 aromatic rings. The molecule has 0 aromatic carbocycles. The van der Waals surface area contributed by atoms with Crippen molar-refractivity contribution in [3.8, 4) is 0 Å². The van der Waals surface area contributed by atoms with Gasteiger partial charge in [0.1, 0.15) is 29.8 Å². The number of ether oxygens (including phenoxy) is 2. The number of aliphatic hydroxyl groups excluding tert-OH is 2. The number of aryl methyl sites for hydroxylation is 1. The Bertz CT molecular complexity index is 1110. The third-order valence-electron chi connectivity index (χ3n) is 9.11. The van der Waals surface area contributed by atoms with Crippen LogP contribution >= 0.6 is 0 Å². The first kappa shape index (κ1) is 27.1. The van der Waals surface area contributed by atoms with Crippen molar-refractivity contribution in [3.63, 3.8) is 0 Å². The molecule has 2 saturated heterocycles. The number of ketones is 1. The molecule has 9 heteroatoms. The average Bonchev–Trinajstić information content (AvgIpc) is 3.72. The number of aromatic nitrogens is 1. The van der Waals surface area contributed by atoms with E-state index in [1.54, 1.807) is 19.4 Å². The van der Waals surface area contributed by atoms with Crippen LogP contribution < -0.4 is 5.32 Å². The standard InChI is InChI=1S/C29H40N2O7/c1-17-6-4-9-28(3)24(38-28)12-19(7-8-20-15-36-18(2)30-20)31-25(33)14-23(32)29(10-5-11-29)27(35)22(26(17)34)13-21-16-37-21/h7-8,15-17,19,22-24,26,32,34H,4-6,9-14H2,1-3H3,(H,31,33)/b8-7+. The molecule has 9 nitrogen and oxygen atoms in total. The first-order valence-corrected chi connectivity index (χ1v) is 13.9. The molecule has 38 heavy (non-hydrogen) atoms. The SMILES string of the molecule is Cc1nc(/C=C/C2CC3OC3(C)CCCC(C)C(O)C(CC3=CO3)C(=O)C3(CCC3)C(O)CC(=O)N2)co1. The average molecular weight is 529 g/mol. The largest absolute Gasteiger partial charge is 0.463 e. The fraction of sp³-hybridized carbons (Fsp3) is 0.690. The van der Waals surface area contributed by atoms with Gasteiger partial charge >= 0.3 is 0 Å². The van der Waals surface area contributed by atoms with Gasteiger partial charge in [0.25, 0.3) is 0 Å². The van der Waals surface area contributed by atoms with Crippen molar-refractivity contribution in [3.05, 3.63) is 35.9 Å². The molecule has 208 valence electrons. The summed E-state index contributed by atoms with van der Waals surface area (Å²) in [7, 11) is 0. The molecule has 4 heterocycles. The van der Waals surface area contributed by atoms with Crippen LogP contribution in [0.1, 0.15) is 83.2 Å². The third-order valence-corrected chi connectivity index (χ3v) is 9.11. The zero-order valence-electron chi connectivity index (χ0n) is 22.5. The Hall–Kier alpha value is -2.49. The van der Waals surface area contributed by atoms with E-state index in [0.29, 0.717) is 43.0 Å². The molecular weight excluding hydrogens is 488 g/mol. The number of carbonyl (C=O) groups is 2. The Morgan fingerprint density at radius 2 is 1.97 bits per heavy atom. The molecule has 5 rings (SSSR count). The number of nitrogens with zero attached hydrogens (tertiary/aromatic N) is 1. The number of allylic oxidation sites excluding steroid dienone is 1. The normalized spacial score (nSPS) is 37.7.